The first-order valence-corrected chi connectivity index (χ1v) is 7.14. The Morgan fingerprint density at radius 1 is 1.29 bits per heavy atom. The van der Waals surface area contributed by atoms with Crippen LogP contribution >= 0.6 is 0 Å². The Hall–Kier alpha value is -2.18. The molecule has 1 aliphatic carbocycles. The van der Waals surface area contributed by atoms with Crippen molar-refractivity contribution in [2.45, 2.75) is 45.1 Å². The number of hydrogen-bond donors (Lipinski definition) is 2. The lowest BCUT2D eigenvalue weighted by Gasteiger charge is -2.09. The molecule has 1 amide bonds. The van der Waals surface area contributed by atoms with Gasteiger partial charge in [-0.05, 0) is 31.2 Å². The summed E-state index contributed by atoms with van der Waals surface area (Å²) in [4.78, 5) is 34.0. The fourth-order valence-electron chi connectivity index (χ4n) is 2.39. The zero-order valence-corrected chi connectivity index (χ0v) is 11.8. The Morgan fingerprint density at radius 3 is 2.81 bits per heavy atom. The minimum absolute atomic E-state index is 0.0495. The number of carboxylic acids is 1. The fourth-order valence-corrected chi connectivity index (χ4v) is 2.39. The molecule has 7 nitrogen and oxygen atoms in total. The second kappa shape index (κ2) is 7.01. The summed E-state index contributed by atoms with van der Waals surface area (Å²) in [7, 11) is 0. The van der Waals surface area contributed by atoms with E-state index in [1.54, 1.807) is 6.07 Å². The van der Waals surface area contributed by atoms with E-state index in [1.807, 2.05) is 0 Å². The van der Waals surface area contributed by atoms with E-state index in [9.17, 15) is 14.4 Å². The quantitative estimate of drug-likeness (QED) is 0.750. The highest BCUT2D eigenvalue weighted by molar-refractivity contribution is 5.76. The highest BCUT2D eigenvalue weighted by atomic mass is 16.4. The number of aromatic nitrogens is 2. The molecule has 2 N–H and O–H groups in total. The lowest BCUT2D eigenvalue weighted by Crippen LogP contribution is -2.35. The average molecular weight is 293 g/mol. The van der Waals surface area contributed by atoms with E-state index in [0.717, 1.165) is 48.0 Å². The lowest BCUT2D eigenvalue weighted by atomic mass is 10.1. The topological polar surface area (TPSA) is 101 Å². The fraction of sp³-hybridized carbons (Fsp3) is 0.571. The molecule has 1 heterocycles. The number of carbonyl (C=O) groups excluding carboxylic acids is 1. The summed E-state index contributed by atoms with van der Waals surface area (Å²) >= 11 is 0. The number of amides is 1. The van der Waals surface area contributed by atoms with Gasteiger partial charge in [0, 0.05) is 12.6 Å². The van der Waals surface area contributed by atoms with Gasteiger partial charge in [0.1, 0.15) is 6.54 Å². The molecule has 1 aliphatic rings. The minimum atomic E-state index is -0.976. The van der Waals surface area contributed by atoms with Gasteiger partial charge in [0.05, 0.1) is 12.1 Å². The molecule has 0 saturated heterocycles. The van der Waals surface area contributed by atoms with Crippen LogP contribution in [-0.4, -0.2) is 33.3 Å². The van der Waals surface area contributed by atoms with Gasteiger partial charge in [-0.15, -0.1) is 0 Å². The van der Waals surface area contributed by atoms with Gasteiger partial charge in [-0.1, -0.05) is 6.42 Å². The third-order valence-electron chi connectivity index (χ3n) is 3.48. The number of nitrogens with zero attached hydrogens (tertiary/aromatic N) is 2. The van der Waals surface area contributed by atoms with Crippen LogP contribution in [0, 0.1) is 0 Å². The Bertz CT molecular complexity index is 594. The van der Waals surface area contributed by atoms with Gasteiger partial charge >= 0.3 is 5.97 Å². The third-order valence-corrected chi connectivity index (χ3v) is 3.48. The average Bonchev–Trinajstić information content (AvgIpc) is 2.63. The van der Waals surface area contributed by atoms with Crippen LogP contribution in [0.4, 0.5) is 0 Å². The van der Waals surface area contributed by atoms with Crippen molar-refractivity contribution in [3.05, 3.63) is 27.7 Å². The van der Waals surface area contributed by atoms with Gasteiger partial charge in [-0.25, -0.2) is 4.68 Å². The maximum atomic E-state index is 11.9. The Balaban J connectivity index is 2.03. The van der Waals surface area contributed by atoms with E-state index in [1.165, 1.54) is 0 Å². The molecule has 114 valence electrons. The van der Waals surface area contributed by atoms with E-state index in [2.05, 4.69) is 10.4 Å². The van der Waals surface area contributed by atoms with E-state index >= 15 is 0 Å². The van der Waals surface area contributed by atoms with Crippen LogP contribution in [0.2, 0.25) is 0 Å². The number of carbonyl (C=O) groups is 2. The van der Waals surface area contributed by atoms with Gasteiger partial charge in [0.2, 0.25) is 5.91 Å². The molecule has 0 aromatic carbocycles. The van der Waals surface area contributed by atoms with E-state index in [0.29, 0.717) is 0 Å². The minimum Gasteiger partial charge on any atom is -0.481 e. The summed E-state index contributed by atoms with van der Waals surface area (Å²) in [5, 5.41) is 15.2. The SMILES string of the molecule is O=C(O)CCNC(=O)Cn1nc2c(cc1=O)CCCCC2. The normalized spacial score (nSPS) is 14.1. The van der Waals surface area contributed by atoms with Crippen LogP contribution in [-0.2, 0) is 29.0 Å². The molecule has 7 heteroatoms. The van der Waals surface area contributed by atoms with Crippen LogP contribution in [0.3, 0.4) is 0 Å². The van der Waals surface area contributed by atoms with Gasteiger partial charge in [0.15, 0.2) is 0 Å². The summed E-state index contributed by atoms with van der Waals surface area (Å²) in [6.45, 7) is -0.125. The van der Waals surface area contributed by atoms with Crippen molar-refractivity contribution in [3.8, 4) is 0 Å². The first kappa shape index (κ1) is 15.2. The van der Waals surface area contributed by atoms with Crippen molar-refractivity contribution in [2.75, 3.05) is 6.54 Å². The first-order valence-electron chi connectivity index (χ1n) is 7.14. The summed E-state index contributed by atoms with van der Waals surface area (Å²) in [5.74, 6) is -1.38. The molecule has 2 rings (SSSR count). The standard InChI is InChI=1S/C14H19N3O4/c18-12(15-7-6-14(20)21)9-17-13(19)8-10-4-2-1-3-5-11(10)16-17/h8H,1-7,9H2,(H,15,18)(H,20,21). The van der Waals surface area contributed by atoms with E-state index < -0.39 is 11.9 Å². The Morgan fingerprint density at radius 2 is 2.05 bits per heavy atom. The molecule has 1 aromatic rings. The molecule has 0 atom stereocenters. The molecule has 0 saturated carbocycles. The number of hydrogen-bond acceptors (Lipinski definition) is 4. The molecule has 0 radical (unpaired) electrons. The van der Waals surface area contributed by atoms with Gasteiger partial charge in [-0.2, -0.15) is 5.10 Å². The molecule has 0 fully saturated rings. The summed E-state index contributed by atoms with van der Waals surface area (Å²) in [6.07, 6.45) is 4.79. The molecule has 0 aliphatic heterocycles. The van der Waals surface area contributed by atoms with Crippen molar-refractivity contribution < 1.29 is 14.7 Å². The van der Waals surface area contributed by atoms with Crippen LogP contribution in [0.1, 0.15) is 36.9 Å². The van der Waals surface area contributed by atoms with E-state index in [-0.39, 0.29) is 25.1 Å². The molecule has 1 aromatic heterocycles. The number of aryl methyl sites for hydroxylation is 2. The second-order valence-corrected chi connectivity index (χ2v) is 5.17. The highest BCUT2D eigenvalue weighted by Gasteiger charge is 2.13. The van der Waals surface area contributed by atoms with Crippen molar-refractivity contribution in [1.82, 2.24) is 15.1 Å². The van der Waals surface area contributed by atoms with Crippen LogP contribution < -0.4 is 10.9 Å². The number of fused-ring (bicyclic) bond motifs is 1. The van der Waals surface area contributed by atoms with Crippen molar-refractivity contribution >= 4 is 11.9 Å². The lowest BCUT2D eigenvalue weighted by molar-refractivity contribution is -0.136. The van der Waals surface area contributed by atoms with Crippen molar-refractivity contribution in [1.29, 1.82) is 0 Å². The Labute approximate surface area is 122 Å². The maximum absolute atomic E-state index is 11.9. The van der Waals surface area contributed by atoms with Crippen molar-refractivity contribution in [2.24, 2.45) is 0 Å². The summed E-state index contributed by atoms with van der Waals surface area (Å²) in [5.41, 5.74) is 1.59. The highest BCUT2D eigenvalue weighted by Crippen LogP contribution is 2.16. The monoisotopic (exact) mass is 293 g/mol. The molecule has 0 spiro atoms. The predicted octanol–water partition coefficient (Wildman–Crippen LogP) is 0.103. The summed E-state index contributed by atoms with van der Waals surface area (Å²) in [6, 6.07) is 1.57. The number of aliphatic carboxylic acids is 1. The smallest absolute Gasteiger partial charge is 0.305 e. The second-order valence-electron chi connectivity index (χ2n) is 5.17. The van der Waals surface area contributed by atoms with Gasteiger partial charge in [-0.3, -0.25) is 14.4 Å². The first-order chi connectivity index (χ1) is 10.1. The van der Waals surface area contributed by atoms with Crippen LogP contribution in [0.15, 0.2) is 10.9 Å². The zero-order chi connectivity index (χ0) is 15.2. The van der Waals surface area contributed by atoms with E-state index in [4.69, 9.17) is 5.11 Å². The zero-order valence-electron chi connectivity index (χ0n) is 11.8. The molecular formula is C14H19N3O4. The maximum Gasteiger partial charge on any atom is 0.305 e. The van der Waals surface area contributed by atoms with Crippen LogP contribution in [0.5, 0.6) is 0 Å². The Kier molecular flexibility index (Phi) is 5.08. The van der Waals surface area contributed by atoms with Crippen molar-refractivity contribution in [3.63, 3.8) is 0 Å². The van der Waals surface area contributed by atoms with Gasteiger partial charge < -0.3 is 10.4 Å². The van der Waals surface area contributed by atoms with Gasteiger partial charge in [0.25, 0.3) is 5.56 Å². The summed E-state index contributed by atoms with van der Waals surface area (Å²) < 4.78 is 1.15. The molecule has 0 unspecified atom stereocenters. The molecular weight excluding hydrogens is 274 g/mol. The number of carboxylic acid groups (broad SMARTS) is 1. The third kappa shape index (κ3) is 4.40. The van der Waals surface area contributed by atoms with Crippen LogP contribution in [0.25, 0.3) is 0 Å². The molecule has 0 bridgehead atoms. The number of rotatable bonds is 5. The largest absolute Gasteiger partial charge is 0.481 e. The number of nitrogens with one attached hydrogen (secondary N) is 1. The predicted molar refractivity (Wildman–Crippen MR) is 75.0 cm³/mol. The molecule has 21 heavy (non-hydrogen) atoms.